The SMILES string of the molecule is CC1CCC(c2nc3c(c(C(=O)O)n2)CNCC3)C1. The van der Waals surface area contributed by atoms with Gasteiger partial charge in [-0.05, 0) is 25.2 Å². The van der Waals surface area contributed by atoms with Crippen LogP contribution in [0, 0.1) is 5.92 Å². The highest BCUT2D eigenvalue weighted by molar-refractivity contribution is 5.87. The summed E-state index contributed by atoms with van der Waals surface area (Å²) in [6.07, 6.45) is 4.15. The van der Waals surface area contributed by atoms with E-state index >= 15 is 0 Å². The highest BCUT2D eigenvalue weighted by atomic mass is 16.4. The number of carboxylic acid groups (broad SMARTS) is 1. The van der Waals surface area contributed by atoms with E-state index < -0.39 is 5.97 Å². The van der Waals surface area contributed by atoms with Crippen molar-refractivity contribution in [3.63, 3.8) is 0 Å². The third-order valence-electron chi connectivity index (χ3n) is 4.21. The first-order valence-electron chi connectivity index (χ1n) is 6.99. The van der Waals surface area contributed by atoms with E-state index in [1.165, 1.54) is 6.42 Å². The average molecular weight is 261 g/mol. The van der Waals surface area contributed by atoms with Crippen molar-refractivity contribution >= 4 is 5.97 Å². The van der Waals surface area contributed by atoms with Crippen LogP contribution in [0.15, 0.2) is 0 Å². The summed E-state index contributed by atoms with van der Waals surface area (Å²) in [5.41, 5.74) is 1.90. The Kier molecular flexibility index (Phi) is 3.22. The fourth-order valence-corrected chi connectivity index (χ4v) is 3.16. The summed E-state index contributed by atoms with van der Waals surface area (Å²) in [5, 5.41) is 12.5. The first-order chi connectivity index (χ1) is 9.15. The van der Waals surface area contributed by atoms with Crippen LogP contribution in [-0.2, 0) is 13.0 Å². The van der Waals surface area contributed by atoms with Crippen LogP contribution in [0.1, 0.15) is 59.7 Å². The minimum atomic E-state index is -0.936. The summed E-state index contributed by atoms with van der Waals surface area (Å²) in [4.78, 5) is 20.4. The Morgan fingerprint density at radius 3 is 2.89 bits per heavy atom. The zero-order chi connectivity index (χ0) is 13.4. The minimum absolute atomic E-state index is 0.201. The van der Waals surface area contributed by atoms with Gasteiger partial charge in [-0.15, -0.1) is 0 Å². The lowest BCUT2D eigenvalue weighted by Gasteiger charge is -2.20. The van der Waals surface area contributed by atoms with Gasteiger partial charge in [0.1, 0.15) is 5.82 Å². The van der Waals surface area contributed by atoms with Crippen molar-refractivity contribution in [3.8, 4) is 0 Å². The van der Waals surface area contributed by atoms with Gasteiger partial charge in [-0.3, -0.25) is 0 Å². The molecule has 1 aromatic rings. The largest absolute Gasteiger partial charge is 0.476 e. The molecule has 3 rings (SSSR count). The van der Waals surface area contributed by atoms with E-state index in [9.17, 15) is 9.90 Å². The number of carbonyl (C=O) groups is 1. The fraction of sp³-hybridized carbons (Fsp3) is 0.643. The summed E-state index contributed by atoms with van der Waals surface area (Å²) in [6, 6.07) is 0. The van der Waals surface area contributed by atoms with Crippen molar-refractivity contribution < 1.29 is 9.90 Å². The van der Waals surface area contributed by atoms with Crippen molar-refractivity contribution in [2.75, 3.05) is 6.54 Å². The lowest BCUT2D eigenvalue weighted by atomic mass is 10.0. The lowest BCUT2D eigenvalue weighted by Crippen LogP contribution is -2.28. The van der Waals surface area contributed by atoms with Crippen LogP contribution in [0.5, 0.6) is 0 Å². The summed E-state index contributed by atoms with van der Waals surface area (Å²) in [6.45, 7) is 3.67. The van der Waals surface area contributed by atoms with E-state index in [1.54, 1.807) is 0 Å². The second kappa shape index (κ2) is 4.89. The number of hydrogen-bond acceptors (Lipinski definition) is 4. The summed E-state index contributed by atoms with van der Waals surface area (Å²) in [5.74, 6) is 0.852. The number of fused-ring (bicyclic) bond motifs is 1. The van der Waals surface area contributed by atoms with E-state index in [0.29, 0.717) is 18.4 Å². The molecule has 1 saturated carbocycles. The molecule has 1 aromatic heterocycles. The van der Waals surface area contributed by atoms with Crippen molar-refractivity contribution in [2.45, 2.75) is 45.1 Å². The van der Waals surface area contributed by atoms with Gasteiger partial charge < -0.3 is 10.4 Å². The molecular formula is C14H19N3O2. The molecule has 0 spiro atoms. The molecule has 0 aromatic carbocycles. The van der Waals surface area contributed by atoms with Gasteiger partial charge in [-0.1, -0.05) is 6.92 Å². The normalized spacial score (nSPS) is 26.2. The molecule has 2 heterocycles. The van der Waals surface area contributed by atoms with E-state index in [1.807, 2.05) is 0 Å². The highest BCUT2D eigenvalue weighted by Crippen LogP contribution is 2.37. The second-order valence-corrected chi connectivity index (χ2v) is 5.70. The smallest absolute Gasteiger partial charge is 0.354 e. The number of rotatable bonds is 2. The predicted molar refractivity (Wildman–Crippen MR) is 70.2 cm³/mol. The molecule has 2 aliphatic rings. The molecular weight excluding hydrogens is 242 g/mol. The molecule has 1 aliphatic heterocycles. The lowest BCUT2D eigenvalue weighted by molar-refractivity contribution is 0.0687. The van der Waals surface area contributed by atoms with Crippen molar-refractivity contribution in [2.24, 2.45) is 5.92 Å². The summed E-state index contributed by atoms with van der Waals surface area (Å²) < 4.78 is 0. The zero-order valence-electron chi connectivity index (χ0n) is 11.1. The van der Waals surface area contributed by atoms with Crippen LogP contribution in [0.4, 0.5) is 0 Å². The Hall–Kier alpha value is -1.49. The molecule has 5 heteroatoms. The van der Waals surface area contributed by atoms with Gasteiger partial charge in [0.05, 0.1) is 5.69 Å². The van der Waals surface area contributed by atoms with E-state index in [4.69, 9.17) is 0 Å². The Morgan fingerprint density at radius 1 is 1.37 bits per heavy atom. The Bertz CT molecular complexity index is 516. The van der Waals surface area contributed by atoms with Crippen LogP contribution in [0.25, 0.3) is 0 Å². The molecule has 2 atom stereocenters. The first kappa shape index (κ1) is 12.5. The molecule has 0 bridgehead atoms. The number of hydrogen-bond donors (Lipinski definition) is 2. The number of carboxylic acids is 1. The van der Waals surface area contributed by atoms with Crippen molar-refractivity contribution in [3.05, 3.63) is 22.8 Å². The second-order valence-electron chi connectivity index (χ2n) is 5.70. The minimum Gasteiger partial charge on any atom is -0.476 e. The molecule has 0 radical (unpaired) electrons. The van der Waals surface area contributed by atoms with Crippen LogP contribution in [-0.4, -0.2) is 27.6 Å². The van der Waals surface area contributed by atoms with Crippen LogP contribution in [0.2, 0.25) is 0 Å². The molecule has 1 fully saturated rings. The molecule has 0 saturated heterocycles. The van der Waals surface area contributed by atoms with Crippen LogP contribution in [0.3, 0.4) is 0 Å². The Labute approximate surface area is 112 Å². The maximum absolute atomic E-state index is 11.4. The maximum atomic E-state index is 11.4. The summed E-state index contributed by atoms with van der Waals surface area (Å²) >= 11 is 0. The third-order valence-corrected chi connectivity index (χ3v) is 4.21. The Balaban J connectivity index is 2.01. The maximum Gasteiger partial charge on any atom is 0.354 e. The molecule has 5 nitrogen and oxygen atoms in total. The number of nitrogens with zero attached hydrogens (tertiary/aromatic N) is 2. The third kappa shape index (κ3) is 2.34. The van der Waals surface area contributed by atoms with Crippen molar-refractivity contribution in [1.29, 1.82) is 0 Å². The Morgan fingerprint density at radius 2 is 2.21 bits per heavy atom. The van der Waals surface area contributed by atoms with Gasteiger partial charge in [-0.2, -0.15) is 0 Å². The van der Waals surface area contributed by atoms with Gasteiger partial charge in [0.2, 0.25) is 0 Å². The first-order valence-corrected chi connectivity index (χ1v) is 6.99. The van der Waals surface area contributed by atoms with Gasteiger partial charge >= 0.3 is 5.97 Å². The quantitative estimate of drug-likeness (QED) is 0.848. The topological polar surface area (TPSA) is 75.1 Å². The highest BCUT2D eigenvalue weighted by Gasteiger charge is 2.28. The fourth-order valence-electron chi connectivity index (χ4n) is 3.16. The number of aromatic nitrogens is 2. The molecule has 1 aliphatic carbocycles. The summed E-state index contributed by atoms with van der Waals surface area (Å²) in [7, 11) is 0. The number of nitrogens with one attached hydrogen (secondary N) is 1. The van der Waals surface area contributed by atoms with E-state index in [2.05, 4.69) is 22.2 Å². The van der Waals surface area contributed by atoms with E-state index in [0.717, 1.165) is 42.9 Å². The molecule has 0 amide bonds. The van der Waals surface area contributed by atoms with Gasteiger partial charge in [-0.25, -0.2) is 14.8 Å². The molecule has 2 unspecified atom stereocenters. The standard InChI is InChI=1S/C14H19N3O2/c1-8-2-3-9(6-8)13-16-11-4-5-15-7-10(11)12(17-13)14(18)19/h8-9,15H,2-7H2,1H3,(H,18,19). The molecule has 2 N–H and O–H groups in total. The average Bonchev–Trinajstić information content (AvgIpc) is 2.84. The van der Waals surface area contributed by atoms with Crippen LogP contribution < -0.4 is 5.32 Å². The van der Waals surface area contributed by atoms with Crippen LogP contribution >= 0.6 is 0 Å². The number of aromatic carboxylic acids is 1. The predicted octanol–water partition coefficient (Wildman–Crippen LogP) is 1.72. The molecule has 19 heavy (non-hydrogen) atoms. The van der Waals surface area contributed by atoms with Gasteiger partial charge in [0, 0.05) is 31.0 Å². The molecule has 102 valence electrons. The van der Waals surface area contributed by atoms with Gasteiger partial charge in [0.25, 0.3) is 0 Å². The van der Waals surface area contributed by atoms with Gasteiger partial charge in [0.15, 0.2) is 5.69 Å². The monoisotopic (exact) mass is 261 g/mol. The van der Waals surface area contributed by atoms with Crippen molar-refractivity contribution in [1.82, 2.24) is 15.3 Å². The zero-order valence-corrected chi connectivity index (χ0v) is 11.1. The van der Waals surface area contributed by atoms with E-state index in [-0.39, 0.29) is 5.69 Å².